The van der Waals surface area contributed by atoms with Gasteiger partial charge in [0.1, 0.15) is 23.5 Å². The lowest BCUT2D eigenvalue weighted by Gasteiger charge is -2.06. The van der Waals surface area contributed by atoms with E-state index in [4.69, 9.17) is 10.5 Å². The molecule has 0 bridgehead atoms. The Kier molecular flexibility index (Phi) is 5.71. The van der Waals surface area contributed by atoms with Crippen LogP contribution in [-0.2, 0) is 6.54 Å². The van der Waals surface area contributed by atoms with Crippen molar-refractivity contribution in [2.24, 2.45) is 10.7 Å². The normalized spacial score (nSPS) is 12.0. The number of hydrogen-bond acceptors (Lipinski definition) is 8. The summed E-state index contributed by atoms with van der Waals surface area (Å²) >= 11 is 1.66. The Morgan fingerprint density at radius 2 is 2.17 bits per heavy atom. The fourth-order valence-electron chi connectivity index (χ4n) is 3.01. The number of thiophene rings is 1. The molecule has 0 radical (unpaired) electrons. The molecule has 4 rings (SSSR count). The lowest BCUT2D eigenvalue weighted by molar-refractivity contribution is 0.414. The van der Waals surface area contributed by atoms with Crippen molar-refractivity contribution in [2.75, 3.05) is 19.5 Å². The number of nitrogens with zero attached hydrogens (tertiary/aromatic N) is 5. The summed E-state index contributed by atoms with van der Waals surface area (Å²) in [6.45, 7) is 0.645. The quantitative estimate of drug-likeness (QED) is 0.445. The van der Waals surface area contributed by atoms with Gasteiger partial charge in [-0.2, -0.15) is 0 Å². The molecule has 0 aliphatic rings. The molecular formula is C21H21N7OS. The van der Waals surface area contributed by atoms with Crippen molar-refractivity contribution in [2.45, 2.75) is 6.54 Å². The summed E-state index contributed by atoms with van der Waals surface area (Å²) in [5.41, 5.74) is 9.05. The van der Waals surface area contributed by atoms with Crippen LogP contribution >= 0.6 is 11.3 Å². The van der Waals surface area contributed by atoms with Crippen molar-refractivity contribution in [1.29, 1.82) is 0 Å². The van der Waals surface area contributed by atoms with Crippen LogP contribution in [0.5, 0.6) is 5.75 Å². The van der Waals surface area contributed by atoms with Crippen LogP contribution in [-0.4, -0.2) is 39.7 Å². The van der Waals surface area contributed by atoms with Gasteiger partial charge in [0.05, 0.1) is 31.2 Å². The molecule has 0 unspecified atom stereocenters. The number of ether oxygens (including phenoxy) is 1. The second kappa shape index (κ2) is 8.75. The third-order valence-corrected chi connectivity index (χ3v) is 5.62. The summed E-state index contributed by atoms with van der Waals surface area (Å²) in [4.78, 5) is 19.5. The Balaban J connectivity index is 1.52. The highest BCUT2D eigenvalue weighted by atomic mass is 32.1. The Labute approximate surface area is 177 Å². The highest BCUT2D eigenvalue weighted by Gasteiger charge is 2.10. The maximum absolute atomic E-state index is 5.69. The Bertz CT molecular complexity index is 1230. The number of aliphatic imine (C=N–C) groups is 1. The molecule has 9 heteroatoms. The Morgan fingerprint density at radius 3 is 2.97 bits per heavy atom. The summed E-state index contributed by atoms with van der Waals surface area (Å²) in [6, 6.07) is 9.79. The first-order valence-corrected chi connectivity index (χ1v) is 10.0. The van der Waals surface area contributed by atoms with E-state index in [-0.39, 0.29) is 0 Å². The molecule has 0 atom stereocenters. The van der Waals surface area contributed by atoms with E-state index in [1.54, 1.807) is 50.4 Å². The predicted octanol–water partition coefficient (Wildman–Crippen LogP) is 3.47. The highest BCUT2D eigenvalue weighted by molar-refractivity contribution is 7.13. The third-order valence-electron chi connectivity index (χ3n) is 4.49. The van der Waals surface area contributed by atoms with E-state index in [0.717, 1.165) is 43.9 Å². The third kappa shape index (κ3) is 4.01. The average molecular weight is 420 g/mol. The molecule has 0 fully saturated rings. The molecule has 4 aromatic heterocycles. The number of nitrogens with two attached hydrogens (primary N) is 1. The Hall–Kier alpha value is -3.72. The van der Waals surface area contributed by atoms with Crippen LogP contribution in [0.1, 0.15) is 9.75 Å². The van der Waals surface area contributed by atoms with Crippen molar-refractivity contribution >= 4 is 34.6 Å². The summed E-state index contributed by atoms with van der Waals surface area (Å²) in [5, 5.41) is 3.36. The van der Waals surface area contributed by atoms with E-state index in [1.807, 2.05) is 34.9 Å². The van der Waals surface area contributed by atoms with Crippen molar-refractivity contribution < 1.29 is 4.74 Å². The van der Waals surface area contributed by atoms with Crippen molar-refractivity contribution in [1.82, 2.24) is 19.4 Å². The monoisotopic (exact) mass is 419 g/mol. The van der Waals surface area contributed by atoms with E-state index >= 15 is 0 Å². The smallest absolute Gasteiger partial charge is 0.140 e. The van der Waals surface area contributed by atoms with E-state index < -0.39 is 0 Å². The summed E-state index contributed by atoms with van der Waals surface area (Å²) in [5.74, 6) is 1.50. The molecule has 0 aliphatic heterocycles. The van der Waals surface area contributed by atoms with Gasteiger partial charge in [-0.15, -0.1) is 11.3 Å². The fraction of sp³-hybridized carbons (Fsp3) is 0.143. The number of rotatable bonds is 7. The fourth-order valence-corrected chi connectivity index (χ4v) is 3.94. The number of methoxy groups -OCH3 is 1. The molecule has 30 heavy (non-hydrogen) atoms. The molecule has 4 aromatic rings. The number of aromatic nitrogens is 4. The maximum Gasteiger partial charge on any atom is 0.140 e. The molecule has 8 nitrogen and oxygen atoms in total. The van der Waals surface area contributed by atoms with Crippen LogP contribution in [0.2, 0.25) is 0 Å². The second-order valence-corrected chi connectivity index (χ2v) is 7.52. The van der Waals surface area contributed by atoms with E-state index in [9.17, 15) is 0 Å². The Morgan fingerprint density at radius 1 is 1.27 bits per heavy atom. The van der Waals surface area contributed by atoms with Crippen molar-refractivity contribution in [3.05, 3.63) is 65.0 Å². The molecule has 0 saturated carbocycles. The number of anilines is 1. The number of hydrogen-bond donors (Lipinski definition) is 2. The first kappa shape index (κ1) is 19.6. The molecule has 0 aliphatic carbocycles. The number of nitrogens with one attached hydrogen (secondary N) is 1. The minimum Gasteiger partial charge on any atom is -0.497 e. The zero-order chi connectivity index (χ0) is 20.9. The zero-order valence-electron chi connectivity index (χ0n) is 16.6. The molecule has 152 valence electrons. The van der Waals surface area contributed by atoms with Crippen LogP contribution in [0.4, 0.5) is 5.82 Å². The van der Waals surface area contributed by atoms with Gasteiger partial charge in [0.15, 0.2) is 0 Å². The zero-order valence-corrected chi connectivity index (χ0v) is 17.4. The highest BCUT2D eigenvalue weighted by Crippen LogP contribution is 2.25. The first-order valence-electron chi connectivity index (χ1n) is 9.22. The van der Waals surface area contributed by atoms with E-state index in [2.05, 4.69) is 31.3 Å². The molecule has 0 saturated heterocycles. The van der Waals surface area contributed by atoms with Gasteiger partial charge in [-0.25, -0.2) is 15.0 Å². The number of allylic oxidation sites excluding steroid dienone is 1. The summed E-state index contributed by atoms with van der Waals surface area (Å²) in [7, 11) is 3.37. The lowest BCUT2D eigenvalue weighted by Crippen LogP contribution is -2.01. The maximum atomic E-state index is 5.69. The van der Waals surface area contributed by atoms with Gasteiger partial charge < -0.3 is 15.8 Å². The largest absolute Gasteiger partial charge is 0.497 e. The van der Waals surface area contributed by atoms with Gasteiger partial charge in [0, 0.05) is 53.1 Å². The molecule has 3 N–H and O–H groups in total. The lowest BCUT2D eigenvalue weighted by atomic mass is 10.2. The molecule has 0 aromatic carbocycles. The summed E-state index contributed by atoms with van der Waals surface area (Å²) < 4.78 is 7.23. The van der Waals surface area contributed by atoms with Gasteiger partial charge in [0.2, 0.25) is 0 Å². The second-order valence-electron chi connectivity index (χ2n) is 6.36. The van der Waals surface area contributed by atoms with Crippen LogP contribution in [0, 0.1) is 0 Å². The number of imidazole rings is 1. The van der Waals surface area contributed by atoms with Crippen molar-refractivity contribution in [3.63, 3.8) is 0 Å². The standard InChI is InChI=1S/C21H21N7OS/c1-23-10-14(9-22)19-4-3-16(30-19)11-24-20-8-17(26-13-27-20)18-12-25-21-7-15(29-2)5-6-28(18)21/h3-10,12-13H,11,22H2,1-2H3,(H,24,26,27)/b14-9+,23-10?. The minimum absolute atomic E-state index is 0.645. The summed E-state index contributed by atoms with van der Waals surface area (Å²) in [6.07, 6.45) is 8.58. The van der Waals surface area contributed by atoms with Crippen LogP contribution < -0.4 is 15.8 Å². The molecular weight excluding hydrogens is 398 g/mol. The van der Waals surface area contributed by atoms with Gasteiger partial charge in [-0.1, -0.05) is 0 Å². The number of pyridine rings is 1. The predicted molar refractivity (Wildman–Crippen MR) is 121 cm³/mol. The van der Waals surface area contributed by atoms with Crippen LogP contribution in [0.25, 0.3) is 22.6 Å². The van der Waals surface area contributed by atoms with E-state index in [1.165, 1.54) is 0 Å². The topological polar surface area (TPSA) is 103 Å². The van der Waals surface area contributed by atoms with E-state index in [0.29, 0.717) is 6.54 Å². The SMILES string of the molecule is CN=C/C(=C\N)c1ccc(CNc2cc(-c3cnc4cc(OC)ccn34)ncn2)s1. The van der Waals surface area contributed by atoms with Gasteiger partial charge in [-0.3, -0.25) is 9.39 Å². The van der Waals surface area contributed by atoms with Gasteiger partial charge in [0.25, 0.3) is 0 Å². The van der Waals surface area contributed by atoms with Crippen molar-refractivity contribution in [3.8, 4) is 17.1 Å². The molecule has 4 heterocycles. The number of fused-ring (bicyclic) bond motifs is 1. The average Bonchev–Trinajstić information content (AvgIpc) is 3.43. The minimum atomic E-state index is 0.645. The van der Waals surface area contributed by atoms with Crippen LogP contribution in [0.15, 0.2) is 60.2 Å². The van der Waals surface area contributed by atoms with Crippen LogP contribution in [0.3, 0.4) is 0 Å². The first-order chi connectivity index (χ1) is 14.7. The van der Waals surface area contributed by atoms with Gasteiger partial charge in [-0.05, 0) is 18.2 Å². The molecule has 0 amide bonds. The molecule has 0 spiro atoms. The van der Waals surface area contributed by atoms with Gasteiger partial charge >= 0.3 is 0 Å².